The van der Waals surface area contributed by atoms with Gasteiger partial charge in [-0.15, -0.1) is 36.7 Å². The van der Waals surface area contributed by atoms with Crippen LogP contribution in [0.4, 0.5) is 24.5 Å². The number of para-hydroxylation sites is 2. The van der Waals surface area contributed by atoms with Crippen molar-refractivity contribution >= 4 is 40.8 Å². The maximum atomic E-state index is 12.8. The Hall–Kier alpha value is -3.49. The van der Waals surface area contributed by atoms with Crippen molar-refractivity contribution in [3.05, 3.63) is 71.8 Å². The molecule has 0 saturated heterocycles. The van der Waals surface area contributed by atoms with Crippen molar-refractivity contribution in [3.63, 3.8) is 0 Å². The zero-order chi connectivity index (χ0) is 25.0. The monoisotopic (exact) mass is 517 g/mol. The number of hydrogen-bond acceptors (Lipinski definition) is 7. The quantitative estimate of drug-likeness (QED) is 0.435. The summed E-state index contributed by atoms with van der Waals surface area (Å²) in [5, 5.41) is 12.5. The van der Waals surface area contributed by atoms with E-state index in [0.29, 0.717) is 11.6 Å². The Balaban J connectivity index is 0.000000266. The molecule has 0 radical (unpaired) electrons. The highest BCUT2D eigenvalue weighted by molar-refractivity contribution is 8.00. The molecule has 0 bridgehead atoms. The summed E-state index contributed by atoms with van der Waals surface area (Å²) in [6, 6.07) is 19.4. The van der Waals surface area contributed by atoms with Gasteiger partial charge < -0.3 is 14.8 Å². The predicted octanol–water partition coefficient (Wildman–Crippen LogP) is 6.34. The van der Waals surface area contributed by atoms with Gasteiger partial charge >= 0.3 is 6.36 Å². The molecule has 0 aliphatic carbocycles. The van der Waals surface area contributed by atoms with Gasteiger partial charge in [-0.1, -0.05) is 24.3 Å². The van der Waals surface area contributed by atoms with E-state index in [4.69, 9.17) is 4.74 Å². The van der Waals surface area contributed by atoms with E-state index >= 15 is 0 Å². The summed E-state index contributed by atoms with van der Waals surface area (Å²) in [6.07, 6.45) is -4.99. The first-order valence-corrected chi connectivity index (χ1v) is 12.1. The van der Waals surface area contributed by atoms with E-state index in [9.17, 15) is 23.2 Å². The van der Waals surface area contributed by atoms with Crippen LogP contribution in [0.2, 0.25) is 0 Å². The molecule has 180 valence electrons. The van der Waals surface area contributed by atoms with Gasteiger partial charge in [-0.2, -0.15) is 5.26 Å². The van der Waals surface area contributed by atoms with Crippen LogP contribution in [-0.2, 0) is 0 Å². The van der Waals surface area contributed by atoms with Gasteiger partial charge in [-0.25, -0.2) is 0 Å². The van der Waals surface area contributed by atoms with Gasteiger partial charge in [0.15, 0.2) is 11.5 Å². The number of carbonyl (C=O) groups excluding carboxylic acids is 1. The van der Waals surface area contributed by atoms with Crippen LogP contribution >= 0.6 is 23.5 Å². The number of nitriles is 1. The van der Waals surface area contributed by atoms with E-state index in [2.05, 4.69) is 34.3 Å². The molecule has 5 rings (SSSR count). The molecule has 6 nitrogen and oxygen atoms in total. The standard InChI is InChI=1S/C17H11F3N2O3S.C7H7NS/c1-24-15-11(8-21)6-10(7-13(15)25-17(18,19)20)16(23)22-9-26-14-5-3-2-4-12(14)22;1-2-4-7-6(3-1)8-5-9-7/h2-7H,9H2,1H3;1-4,8H,5H2. The fraction of sp³-hybridized carbons (Fsp3) is 0.167. The molecule has 0 fully saturated rings. The molecule has 11 heteroatoms. The molecule has 0 unspecified atom stereocenters. The first-order chi connectivity index (χ1) is 16.8. The minimum Gasteiger partial charge on any atom is -0.492 e. The third-order valence-electron chi connectivity index (χ3n) is 4.98. The summed E-state index contributed by atoms with van der Waals surface area (Å²) in [5.74, 6) is -0.297. The number of amides is 1. The van der Waals surface area contributed by atoms with Crippen molar-refractivity contribution in [3.8, 4) is 17.6 Å². The summed E-state index contributed by atoms with van der Waals surface area (Å²) in [4.78, 5) is 16.5. The summed E-state index contributed by atoms with van der Waals surface area (Å²) in [6.45, 7) is 0. The first-order valence-electron chi connectivity index (χ1n) is 10.2. The minimum absolute atomic E-state index is 0.0982. The molecule has 2 aliphatic heterocycles. The number of anilines is 2. The van der Waals surface area contributed by atoms with Crippen molar-refractivity contribution in [1.29, 1.82) is 5.26 Å². The van der Waals surface area contributed by atoms with Crippen LogP contribution in [0.1, 0.15) is 15.9 Å². The second-order valence-corrected chi connectivity index (χ2v) is 9.15. The molecule has 35 heavy (non-hydrogen) atoms. The number of carbonyl (C=O) groups is 1. The molecule has 2 heterocycles. The lowest BCUT2D eigenvalue weighted by Crippen LogP contribution is -2.28. The van der Waals surface area contributed by atoms with Crippen LogP contribution in [0.15, 0.2) is 70.5 Å². The average Bonchev–Trinajstić information content (AvgIpc) is 3.49. The number of thioether (sulfide) groups is 2. The number of hydrogen-bond donors (Lipinski definition) is 1. The van der Waals surface area contributed by atoms with E-state index < -0.39 is 18.0 Å². The lowest BCUT2D eigenvalue weighted by molar-refractivity contribution is -0.275. The molecule has 2 aliphatic rings. The van der Waals surface area contributed by atoms with Gasteiger partial charge in [-0.3, -0.25) is 9.69 Å². The summed E-state index contributed by atoms with van der Waals surface area (Å²) < 4.78 is 46.8. The number of rotatable bonds is 3. The van der Waals surface area contributed by atoms with E-state index in [1.807, 2.05) is 23.9 Å². The number of halogens is 3. The van der Waals surface area contributed by atoms with Crippen LogP contribution in [0, 0.1) is 11.3 Å². The highest BCUT2D eigenvalue weighted by Gasteiger charge is 2.34. The second kappa shape index (κ2) is 10.4. The fourth-order valence-corrected chi connectivity index (χ4v) is 5.36. The number of ether oxygens (including phenoxy) is 2. The third kappa shape index (κ3) is 5.61. The summed E-state index contributed by atoms with van der Waals surface area (Å²) >= 11 is 3.29. The van der Waals surface area contributed by atoms with Crippen molar-refractivity contribution in [2.24, 2.45) is 0 Å². The number of fused-ring (bicyclic) bond motifs is 2. The molecular formula is C24H18F3N3O3S2. The zero-order valence-corrected chi connectivity index (χ0v) is 19.9. The Labute approximate surface area is 208 Å². The van der Waals surface area contributed by atoms with Gasteiger partial charge in [0, 0.05) is 21.0 Å². The SMILES string of the molecule is COc1c(C#N)cc(C(=O)N2CSc3ccccc32)cc1OC(F)(F)F.c1ccc2c(c1)NCS2. The second-order valence-electron chi connectivity index (χ2n) is 7.15. The molecule has 3 aromatic carbocycles. The van der Waals surface area contributed by atoms with Gasteiger partial charge in [0.2, 0.25) is 0 Å². The predicted molar refractivity (Wildman–Crippen MR) is 129 cm³/mol. The van der Waals surface area contributed by atoms with Crippen LogP contribution in [0.25, 0.3) is 0 Å². The largest absolute Gasteiger partial charge is 0.573 e. The molecule has 0 saturated carbocycles. The summed E-state index contributed by atoms with van der Waals surface area (Å²) in [7, 11) is 1.12. The first kappa shape index (κ1) is 24.6. The number of benzene rings is 3. The van der Waals surface area contributed by atoms with Crippen LogP contribution < -0.4 is 19.7 Å². The Morgan fingerprint density at radius 1 is 1.09 bits per heavy atom. The van der Waals surface area contributed by atoms with E-state index in [1.165, 1.54) is 33.3 Å². The molecule has 1 amide bonds. The Bertz CT molecular complexity index is 1270. The van der Waals surface area contributed by atoms with Crippen LogP contribution in [-0.4, -0.2) is 31.1 Å². The minimum atomic E-state index is -4.99. The van der Waals surface area contributed by atoms with Crippen molar-refractivity contribution < 1.29 is 27.4 Å². The molecule has 3 aromatic rings. The van der Waals surface area contributed by atoms with Gasteiger partial charge in [0.1, 0.15) is 6.07 Å². The number of nitrogens with zero attached hydrogens (tertiary/aromatic N) is 2. The normalized spacial score (nSPS) is 13.5. The van der Waals surface area contributed by atoms with Crippen molar-refractivity contribution in [2.45, 2.75) is 16.2 Å². The van der Waals surface area contributed by atoms with Gasteiger partial charge in [0.05, 0.1) is 30.1 Å². The topological polar surface area (TPSA) is 74.6 Å². The molecular weight excluding hydrogens is 499 g/mol. The van der Waals surface area contributed by atoms with E-state index in [0.717, 1.165) is 23.9 Å². The Kier molecular flexibility index (Phi) is 7.33. The van der Waals surface area contributed by atoms with Gasteiger partial charge in [0.25, 0.3) is 5.91 Å². The number of methoxy groups -OCH3 is 1. The van der Waals surface area contributed by atoms with Crippen molar-refractivity contribution in [1.82, 2.24) is 0 Å². The third-order valence-corrected chi connectivity index (χ3v) is 6.98. The maximum Gasteiger partial charge on any atom is 0.573 e. The lowest BCUT2D eigenvalue weighted by Gasteiger charge is -2.19. The average molecular weight is 518 g/mol. The molecule has 0 aromatic heterocycles. The lowest BCUT2D eigenvalue weighted by atomic mass is 10.1. The highest BCUT2D eigenvalue weighted by Crippen LogP contribution is 2.41. The van der Waals surface area contributed by atoms with Crippen LogP contribution in [0.3, 0.4) is 0 Å². The Morgan fingerprint density at radius 2 is 1.80 bits per heavy atom. The number of nitrogens with one attached hydrogen (secondary N) is 1. The zero-order valence-electron chi connectivity index (χ0n) is 18.3. The molecule has 0 spiro atoms. The van der Waals surface area contributed by atoms with E-state index in [1.54, 1.807) is 18.2 Å². The van der Waals surface area contributed by atoms with Gasteiger partial charge in [-0.05, 0) is 36.4 Å². The van der Waals surface area contributed by atoms with Crippen LogP contribution in [0.5, 0.6) is 11.5 Å². The smallest absolute Gasteiger partial charge is 0.492 e. The maximum absolute atomic E-state index is 12.8. The summed E-state index contributed by atoms with van der Waals surface area (Å²) in [5.41, 5.74) is 1.62. The molecule has 1 N–H and O–H groups in total. The number of alkyl halides is 3. The molecule has 0 atom stereocenters. The highest BCUT2D eigenvalue weighted by atomic mass is 32.2. The van der Waals surface area contributed by atoms with E-state index in [-0.39, 0.29) is 16.9 Å². The fourth-order valence-electron chi connectivity index (χ4n) is 3.48. The Morgan fingerprint density at radius 3 is 2.49 bits per heavy atom. The van der Waals surface area contributed by atoms with Crippen molar-refractivity contribution in [2.75, 3.05) is 29.1 Å².